The highest BCUT2D eigenvalue weighted by Crippen LogP contribution is 2.22. The molecule has 2 aromatic carbocycles. The number of aryl methyl sites for hydroxylation is 1. The molecular weight excluding hydrogens is 476 g/mol. The summed E-state index contributed by atoms with van der Waals surface area (Å²) in [6.07, 6.45) is 0. The Balaban J connectivity index is 2.14. The molecule has 2 aromatic rings. The van der Waals surface area contributed by atoms with Crippen molar-refractivity contribution in [1.82, 2.24) is 10.2 Å². The molecule has 2 amide bonds. The van der Waals surface area contributed by atoms with E-state index in [2.05, 4.69) is 37.2 Å². The van der Waals surface area contributed by atoms with Crippen molar-refractivity contribution in [3.05, 3.63) is 62.5 Å². The molecule has 1 atom stereocenters. The summed E-state index contributed by atoms with van der Waals surface area (Å²) in [5, 5.41) is 2.60. The molecule has 0 aromatic heterocycles. The van der Waals surface area contributed by atoms with Crippen LogP contribution in [0.2, 0.25) is 0 Å². The molecule has 27 heavy (non-hydrogen) atoms. The maximum Gasteiger partial charge on any atom is 0.261 e. The van der Waals surface area contributed by atoms with Gasteiger partial charge in [-0.1, -0.05) is 44.0 Å². The lowest BCUT2D eigenvalue weighted by Crippen LogP contribution is -2.48. The van der Waals surface area contributed by atoms with Crippen molar-refractivity contribution >= 4 is 43.7 Å². The molecule has 1 N–H and O–H groups in total. The van der Waals surface area contributed by atoms with Crippen LogP contribution in [0.1, 0.15) is 18.1 Å². The predicted octanol–water partition coefficient (Wildman–Crippen LogP) is 4.06. The lowest BCUT2D eigenvalue weighted by Gasteiger charge is -2.28. The van der Waals surface area contributed by atoms with E-state index < -0.39 is 6.04 Å². The van der Waals surface area contributed by atoms with Gasteiger partial charge >= 0.3 is 0 Å². The molecule has 0 spiro atoms. The van der Waals surface area contributed by atoms with Crippen LogP contribution in [0.3, 0.4) is 0 Å². The number of likely N-dealkylation sites (N-methyl/N-ethyl adjacent to an activating group) is 1. The van der Waals surface area contributed by atoms with E-state index in [-0.39, 0.29) is 18.4 Å². The number of benzene rings is 2. The minimum atomic E-state index is -0.614. The van der Waals surface area contributed by atoms with Crippen molar-refractivity contribution in [2.75, 3.05) is 13.7 Å². The highest BCUT2D eigenvalue weighted by atomic mass is 79.9. The van der Waals surface area contributed by atoms with Crippen LogP contribution >= 0.6 is 31.9 Å². The summed E-state index contributed by atoms with van der Waals surface area (Å²) in [6, 6.07) is 12.6. The molecule has 5 nitrogen and oxygen atoms in total. The molecule has 2 rings (SSSR count). The minimum absolute atomic E-state index is 0.142. The monoisotopic (exact) mass is 496 g/mol. The Hall–Kier alpha value is -1.86. The van der Waals surface area contributed by atoms with Gasteiger partial charge in [0, 0.05) is 22.5 Å². The molecule has 0 aliphatic carbocycles. The third kappa shape index (κ3) is 6.07. The number of hydrogen-bond donors (Lipinski definition) is 1. The van der Waals surface area contributed by atoms with Crippen molar-refractivity contribution in [3.63, 3.8) is 0 Å². The largest absolute Gasteiger partial charge is 0.484 e. The Morgan fingerprint density at radius 2 is 1.93 bits per heavy atom. The third-order valence-corrected chi connectivity index (χ3v) is 5.53. The zero-order chi connectivity index (χ0) is 20.0. The van der Waals surface area contributed by atoms with E-state index in [1.165, 1.54) is 4.90 Å². The van der Waals surface area contributed by atoms with E-state index in [1.54, 1.807) is 20.0 Å². The van der Waals surface area contributed by atoms with Gasteiger partial charge in [0.15, 0.2) is 6.61 Å². The SMILES string of the molecule is CNC(=O)[C@H](C)N(Cc1cccc(Br)c1)C(=O)COc1ccc(Br)c(C)c1. The van der Waals surface area contributed by atoms with Crippen molar-refractivity contribution in [3.8, 4) is 5.75 Å². The van der Waals surface area contributed by atoms with Crippen LogP contribution in [0.5, 0.6) is 5.75 Å². The molecule has 0 saturated heterocycles. The highest BCUT2D eigenvalue weighted by molar-refractivity contribution is 9.10. The topological polar surface area (TPSA) is 58.6 Å². The molecule has 0 bridgehead atoms. The number of nitrogens with one attached hydrogen (secondary N) is 1. The Morgan fingerprint density at radius 1 is 1.19 bits per heavy atom. The lowest BCUT2D eigenvalue weighted by molar-refractivity contribution is -0.142. The fraction of sp³-hybridized carbons (Fsp3) is 0.300. The Labute approximate surface area is 176 Å². The van der Waals surface area contributed by atoms with Gasteiger partial charge in [-0.15, -0.1) is 0 Å². The molecule has 7 heteroatoms. The number of ether oxygens (including phenoxy) is 1. The van der Waals surface area contributed by atoms with E-state index >= 15 is 0 Å². The van der Waals surface area contributed by atoms with Gasteiger partial charge in [0.25, 0.3) is 5.91 Å². The number of hydrogen-bond acceptors (Lipinski definition) is 3. The van der Waals surface area contributed by atoms with Crippen LogP contribution in [-0.2, 0) is 16.1 Å². The van der Waals surface area contributed by atoms with E-state index in [1.807, 2.05) is 43.3 Å². The quantitative estimate of drug-likeness (QED) is 0.627. The first kappa shape index (κ1) is 21.4. The minimum Gasteiger partial charge on any atom is -0.484 e. The second-order valence-electron chi connectivity index (χ2n) is 6.14. The van der Waals surface area contributed by atoms with Crippen molar-refractivity contribution < 1.29 is 14.3 Å². The number of nitrogens with zero attached hydrogens (tertiary/aromatic N) is 1. The molecule has 0 heterocycles. The number of amides is 2. The average Bonchev–Trinajstić information content (AvgIpc) is 2.65. The number of carbonyl (C=O) groups is 2. The van der Waals surface area contributed by atoms with Crippen LogP contribution < -0.4 is 10.1 Å². The van der Waals surface area contributed by atoms with E-state index in [0.29, 0.717) is 12.3 Å². The molecule has 0 aliphatic rings. The molecule has 0 aliphatic heterocycles. The van der Waals surface area contributed by atoms with Gasteiger partial charge in [0.1, 0.15) is 11.8 Å². The third-order valence-electron chi connectivity index (χ3n) is 4.15. The van der Waals surface area contributed by atoms with Crippen molar-refractivity contribution in [2.45, 2.75) is 26.4 Å². The number of carbonyl (C=O) groups excluding carboxylic acids is 2. The first-order valence-electron chi connectivity index (χ1n) is 8.46. The van der Waals surface area contributed by atoms with Gasteiger partial charge in [-0.2, -0.15) is 0 Å². The van der Waals surface area contributed by atoms with Crippen LogP contribution in [0.25, 0.3) is 0 Å². The van der Waals surface area contributed by atoms with Crippen molar-refractivity contribution in [2.24, 2.45) is 0 Å². The van der Waals surface area contributed by atoms with Crippen LogP contribution in [-0.4, -0.2) is 36.4 Å². The van der Waals surface area contributed by atoms with Gasteiger partial charge in [0.05, 0.1) is 0 Å². The zero-order valence-corrected chi connectivity index (χ0v) is 18.6. The van der Waals surface area contributed by atoms with E-state index in [4.69, 9.17) is 4.74 Å². The Bertz CT molecular complexity index is 827. The van der Waals surface area contributed by atoms with Crippen LogP contribution in [0, 0.1) is 6.92 Å². The van der Waals surface area contributed by atoms with Crippen molar-refractivity contribution in [1.29, 1.82) is 0 Å². The Kier molecular flexibility index (Phi) is 7.86. The fourth-order valence-electron chi connectivity index (χ4n) is 2.56. The summed E-state index contributed by atoms with van der Waals surface area (Å²) in [5.74, 6) is 0.128. The smallest absolute Gasteiger partial charge is 0.261 e. The van der Waals surface area contributed by atoms with Gasteiger partial charge in [-0.3, -0.25) is 9.59 Å². The zero-order valence-electron chi connectivity index (χ0n) is 15.5. The summed E-state index contributed by atoms with van der Waals surface area (Å²) in [6.45, 7) is 3.83. The Morgan fingerprint density at radius 3 is 2.56 bits per heavy atom. The average molecular weight is 498 g/mol. The van der Waals surface area contributed by atoms with Gasteiger partial charge in [-0.25, -0.2) is 0 Å². The molecule has 0 unspecified atom stereocenters. The molecule has 0 radical (unpaired) electrons. The summed E-state index contributed by atoms with van der Waals surface area (Å²) < 4.78 is 7.55. The second-order valence-corrected chi connectivity index (χ2v) is 7.91. The number of rotatable bonds is 7. The summed E-state index contributed by atoms with van der Waals surface area (Å²) in [4.78, 5) is 26.5. The fourth-order valence-corrected chi connectivity index (χ4v) is 3.25. The van der Waals surface area contributed by atoms with Gasteiger partial charge in [-0.05, 0) is 55.3 Å². The maximum atomic E-state index is 12.8. The van der Waals surface area contributed by atoms with Gasteiger partial charge < -0.3 is 15.0 Å². The second kappa shape index (κ2) is 9.90. The first-order valence-corrected chi connectivity index (χ1v) is 10.0. The molecule has 144 valence electrons. The summed E-state index contributed by atoms with van der Waals surface area (Å²) >= 11 is 6.87. The molecular formula is C20H22Br2N2O3. The van der Waals surface area contributed by atoms with E-state index in [0.717, 1.165) is 20.1 Å². The summed E-state index contributed by atoms with van der Waals surface area (Å²) in [7, 11) is 1.56. The molecule has 0 fully saturated rings. The summed E-state index contributed by atoms with van der Waals surface area (Å²) in [5.41, 5.74) is 1.94. The van der Waals surface area contributed by atoms with Crippen LogP contribution in [0.15, 0.2) is 51.4 Å². The van der Waals surface area contributed by atoms with E-state index in [9.17, 15) is 9.59 Å². The highest BCUT2D eigenvalue weighted by Gasteiger charge is 2.25. The normalized spacial score (nSPS) is 11.6. The maximum absolute atomic E-state index is 12.8. The molecule has 0 saturated carbocycles. The standard InChI is InChI=1S/C20H22Br2N2O3/c1-13-9-17(7-8-18(13)22)27-12-19(25)24(14(2)20(26)23-3)11-15-5-4-6-16(21)10-15/h4-10,14H,11-12H2,1-3H3,(H,23,26)/t14-/m0/s1. The van der Waals surface area contributed by atoms with Crippen LogP contribution in [0.4, 0.5) is 0 Å². The van der Waals surface area contributed by atoms with Gasteiger partial charge in [0.2, 0.25) is 5.91 Å². The predicted molar refractivity (Wildman–Crippen MR) is 113 cm³/mol. The lowest BCUT2D eigenvalue weighted by atomic mass is 10.1. The first-order chi connectivity index (χ1) is 12.8. The number of halogens is 2.